The summed E-state index contributed by atoms with van der Waals surface area (Å²) in [5, 5.41) is 3.34. The standard InChI is InChI=1S/C13H27N3OS/c1-4-16(5-2)13(17)12(3)14-6-7-15-8-10-18-11-9-15/h12,14H,4-11H2,1-3H3. The number of nitrogens with zero attached hydrogens (tertiary/aromatic N) is 2. The molecule has 1 aliphatic heterocycles. The van der Waals surface area contributed by atoms with Crippen LogP contribution in [0.2, 0.25) is 0 Å². The van der Waals surface area contributed by atoms with Crippen LogP contribution in [0.15, 0.2) is 0 Å². The number of hydrogen-bond acceptors (Lipinski definition) is 4. The lowest BCUT2D eigenvalue weighted by Crippen LogP contribution is -2.47. The number of rotatable bonds is 7. The molecule has 0 aromatic carbocycles. The Hall–Kier alpha value is -0.260. The van der Waals surface area contributed by atoms with E-state index in [4.69, 9.17) is 0 Å². The lowest BCUT2D eigenvalue weighted by molar-refractivity contribution is -0.132. The maximum Gasteiger partial charge on any atom is 0.239 e. The molecule has 4 nitrogen and oxygen atoms in total. The van der Waals surface area contributed by atoms with Crippen LogP contribution in [0.1, 0.15) is 20.8 Å². The van der Waals surface area contributed by atoms with E-state index in [0.29, 0.717) is 0 Å². The fraction of sp³-hybridized carbons (Fsp3) is 0.923. The molecule has 1 fully saturated rings. The Morgan fingerprint density at radius 3 is 2.50 bits per heavy atom. The van der Waals surface area contributed by atoms with Crippen LogP contribution in [0.5, 0.6) is 0 Å². The van der Waals surface area contributed by atoms with Crippen molar-refractivity contribution in [2.75, 3.05) is 50.8 Å². The minimum Gasteiger partial charge on any atom is -0.342 e. The predicted molar refractivity (Wildman–Crippen MR) is 79.2 cm³/mol. The number of carbonyl (C=O) groups excluding carboxylic acids is 1. The summed E-state index contributed by atoms with van der Waals surface area (Å²) in [4.78, 5) is 16.4. The Kier molecular flexibility index (Phi) is 7.70. The predicted octanol–water partition coefficient (Wildman–Crippen LogP) is 0.882. The molecule has 1 heterocycles. The van der Waals surface area contributed by atoms with Gasteiger partial charge in [0, 0.05) is 50.8 Å². The van der Waals surface area contributed by atoms with E-state index in [9.17, 15) is 4.79 Å². The van der Waals surface area contributed by atoms with Gasteiger partial charge in [0.05, 0.1) is 6.04 Å². The molecule has 1 unspecified atom stereocenters. The summed E-state index contributed by atoms with van der Waals surface area (Å²) in [6, 6.07) is -0.0657. The quantitative estimate of drug-likeness (QED) is 0.747. The molecule has 0 bridgehead atoms. The molecular formula is C13H27N3OS. The number of thioether (sulfide) groups is 1. The monoisotopic (exact) mass is 273 g/mol. The lowest BCUT2D eigenvalue weighted by atomic mass is 10.2. The van der Waals surface area contributed by atoms with Gasteiger partial charge >= 0.3 is 0 Å². The summed E-state index contributed by atoms with van der Waals surface area (Å²) in [7, 11) is 0. The number of amides is 1. The second kappa shape index (κ2) is 8.77. The van der Waals surface area contributed by atoms with E-state index >= 15 is 0 Å². The van der Waals surface area contributed by atoms with E-state index in [0.717, 1.165) is 26.2 Å². The van der Waals surface area contributed by atoms with Gasteiger partial charge in [-0.05, 0) is 20.8 Å². The topological polar surface area (TPSA) is 35.6 Å². The first-order valence-corrected chi connectivity index (χ1v) is 8.16. The third kappa shape index (κ3) is 5.16. The van der Waals surface area contributed by atoms with E-state index in [1.807, 2.05) is 37.4 Å². The van der Waals surface area contributed by atoms with Crippen LogP contribution in [0, 0.1) is 0 Å². The van der Waals surface area contributed by atoms with Crippen molar-refractivity contribution in [1.29, 1.82) is 0 Å². The number of likely N-dealkylation sites (N-methyl/N-ethyl adjacent to an activating group) is 1. The summed E-state index contributed by atoms with van der Waals surface area (Å²) in [6.45, 7) is 11.9. The van der Waals surface area contributed by atoms with Gasteiger partial charge in [-0.3, -0.25) is 4.79 Å². The molecule has 0 aliphatic carbocycles. The van der Waals surface area contributed by atoms with Gasteiger partial charge in [-0.2, -0.15) is 11.8 Å². The van der Waals surface area contributed by atoms with Crippen molar-refractivity contribution in [3.05, 3.63) is 0 Å². The van der Waals surface area contributed by atoms with Crippen molar-refractivity contribution < 1.29 is 4.79 Å². The summed E-state index contributed by atoms with van der Waals surface area (Å²) in [5.74, 6) is 2.70. The van der Waals surface area contributed by atoms with Gasteiger partial charge in [-0.1, -0.05) is 0 Å². The van der Waals surface area contributed by atoms with Crippen LogP contribution in [0.3, 0.4) is 0 Å². The number of nitrogens with one attached hydrogen (secondary N) is 1. The Morgan fingerprint density at radius 2 is 1.94 bits per heavy atom. The largest absolute Gasteiger partial charge is 0.342 e. The number of carbonyl (C=O) groups is 1. The van der Waals surface area contributed by atoms with Crippen molar-refractivity contribution in [3.63, 3.8) is 0 Å². The maximum atomic E-state index is 12.0. The van der Waals surface area contributed by atoms with Crippen LogP contribution < -0.4 is 5.32 Å². The molecule has 18 heavy (non-hydrogen) atoms. The zero-order valence-electron chi connectivity index (χ0n) is 11.9. The molecule has 1 amide bonds. The van der Waals surface area contributed by atoms with E-state index in [1.165, 1.54) is 24.6 Å². The molecule has 1 atom stereocenters. The molecule has 1 rings (SSSR count). The van der Waals surface area contributed by atoms with Crippen LogP contribution in [-0.4, -0.2) is 72.5 Å². The highest BCUT2D eigenvalue weighted by atomic mass is 32.2. The van der Waals surface area contributed by atoms with Gasteiger partial charge in [0.2, 0.25) is 5.91 Å². The van der Waals surface area contributed by atoms with Crippen molar-refractivity contribution >= 4 is 17.7 Å². The van der Waals surface area contributed by atoms with Crippen molar-refractivity contribution in [2.24, 2.45) is 0 Å². The van der Waals surface area contributed by atoms with Crippen LogP contribution in [0.4, 0.5) is 0 Å². The van der Waals surface area contributed by atoms with Crippen molar-refractivity contribution in [2.45, 2.75) is 26.8 Å². The molecule has 0 radical (unpaired) electrons. The van der Waals surface area contributed by atoms with Gasteiger partial charge in [-0.25, -0.2) is 0 Å². The molecule has 1 saturated heterocycles. The Bertz CT molecular complexity index is 240. The molecule has 5 heteroatoms. The summed E-state index contributed by atoms with van der Waals surface area (Å²) >= 11 is 2.03. The third-order valence-corrected chi connectivity index (χ3v) is 4.37. The van der Waals surface area contributed by atoms with Gasteiger partial charge in [0.25, 0.3) is 0 Å². The Labute approximate surface area is 115 Å². The lowest BCUT2D eigenvalue weighted by Gasteiger charge is -2.27. The van der Waals surface area contributed by atoms with Crippen LogP contribution in [0.25, 0.3) is 0 Å². The third-order valence-electron chi connectivity index (χ3n) is 3.43. The van der Waals surface area contributed by atoms with E-state index in [2.05, 4.69) is 10.2 Å². The van der Waals surface area contributed by atoms with Crippen molar-refractivity contribution in [3.8, 4) is 0 Å². The smallest absolute Gasteiger partial charge is 0.239 e. The first kappa shape index (κ1) is 15.8. The molecule has 1 N–H and O–H groups in total. The van der Waals surface area contributed by atoms with E-state index < -0.39 is 0 Å². The van der Waals surface area contributed by atoms with Crippen LogP contribution in [-0.2, 0) is 4.79 Å². The normalized spacial score (nSPS) is 18.6. The fourth-order valence-electron chi connectivity index (χ4n) is 2.16. The SMILES string of the molecule is CCN(CC)C(=O)C(C)NCCN1CCSCC1. The molecule has 0 saturated carbocycles. The molecule has 1 aliphatic rings. The second-order valence-corrected chi connectivity index (χ2v) is 5.87. The highest BCUT2D eigenvalue weighted by Gasteiger charge is 2.17. The average molecular weight is 273 g/mol. The maximum absolute atomic E-state index is 12.0. The van der Waals surface area contributed by atoms with Gasteiger partial charge < -0.3 is 15.1 Å². The minimum absolute atomic E-state index is 0.0657. The zero-order chi connectivity index (χ0) is 13.4. The molecule has 0 spiro atoms. The van der Waals surface area contributed by atoms with Gasteiger partial charge in [0.1, 0.15) is 0 Å². The molecule has 0 aromatic heterocycles. The van der Waals surface area contributed by atoms with Gasteiger partial charge in [-0.15, -0.1) is 0 Å². The van der Waals surface area contributed by atoms with Gasteiger partial charge in [0.15, 0.2) is 0 Å². The van der Waals surface area contributed by atoms with E-state index in [-0.39, 0.29) is 11.9 Å². The number of hydrogen-bond donors (Lipinski definition) is 1. The second-order valence-electron chi connectivity index (χ2n) is 4.64. The first-order valence-electron chi connectivity index (χ1n) is 7.01. The summed E-state index contributed by atoms with van der Waals surface area (Å²) in [6.07, 6.45) is 0. The minimum atomic E-state index is -0.0657. The average Bonchev–Trinajstić information content (AvgIpc) is 2.41. The first-order chi connectivity index (χ1) is 8.69. The molecule has 106 valence electrons. The highest BCUT2D eigenvalue weighted by Crippen LogP contribution is 2.08. The van der Waals surface area contributed by atoms with E-state index in [1.54, 1.807) is 0 Å². The summed E-state index contributed by atoms with van der Waals surface area (Å²) in [5.41, 5.74) is 0. The fourth-order valence-corrected chi connectivity index (χ4v) is 3.14. The van der Waals surface area contributed by atoms with Crippen molar-refractivity contribution in [1.82, 2.24) is 15.1 Å². The Balaban J connectivity index is 2.19. The Morgan fingerprint density at radius 1 is 1.33 bits per heavy atom. The zero-order valence-corrected chi connectivity index (χ0v) is 12.8. The summed E-state index contributed by atoms with van der Waals surface area (Å²) < 4.78 is 0. The molecule has 0 aromatic rings. The molecular weight excluding hydrogens is 246 g/mol. The highest BCUT2D eigenvalue weighted by molar-refractivity contribution is 7.99. The van der Waals surface area contributed by atoms with Crippen LogP contribution >= 0.6 is 11.8 Å².